The number of benzene rings is 1. The van der Waals surface area contributed by atoms with Gasteiger partial charge in [0.05, 0.1) is 22.8 Å². The Balaban J connectivity index is 1.94. The highest BCUT2D eigenvalue weighted by molar-refractivity contribution is 5.98. The van der Waals surface area contributed by atoms with E-state index in [4.69, 9.17) is 0 Å². The van der Waals surface area contributed by atoms with E-state index in [9.17, 15) is 9.18 Å². The minimum absolute atomic E-state index is 0.154. The van der Waals surface area contributed by atoms with E-state index in [2.05, 4.69) is 25.9 Å². The van der Waals surface area contributed by atoms with Gasteiger partial charge in [-0.25, -0.2) is 4.39 Å². The maximum Gasteiger partial charge on any atom is 0.162 e. The summed E-state index contributed by atoms with van der Waals surface area (Å²) in [5.74, 6) is 0.0458. The van der Waals surface area contributed by atoms with Gasteiger partial charge in [-0.1, -0.05) is 20.8 Å². The number of fused-ring (bicyclic) bond motifs is 1. The lowest BCUT2D eigenvalue weighted by molar-refractivity contribution is 0.101. The molecule has 1 saturated carbocycles. The number of halogens is 1. The van der Waals surface area contributed by atoms with E-state index in [1.807, 2.05) is 11.6 Å². The summed E-state index contributed by atoms with van der Waals surface area (Å²) in [5, 5.41) is 5.57. The summed E-state index contributed by atoms with van der Waals surface area (Å²) in [7, 11) is 0. The van der Waals surface area contributed by atoms with Crippen LogP contribution >= 0.6 is 0 Å². The van der Waals surface area contributed by atoms with Gasteiger partial charge in [-0.3, -0.25) is 9.48 Å². The molecular weight excluding hydrogens is 303 g/mol. The Morgan fingerprint density at radius 2 is 1.83 bits per heavy atom. The summed E-state index contributed by atoms with van der Waals surface area (Å²) in [6.07, 6.45) is 4.52. The van der Waals surface area contributed by atoms with Gasteiger partial charge in [0.2, 0.25) is 0 Å². The number of hydrogen-bond donors (Lipinski definition) is 0. The zero-order valence-electron chi connectivity index (χ0n) is 15.3. The van der Waals surface area contributed by atoms with Crippen LogP contribution in [-0.2, 0) is 0 Å². The molecule has 0 atom stereocenters. The van der Waals surface area contributed by atoms with Gasteiger partial charge in [-0.05, 0) is 56.9 Å². The van der Waals surface area contributed by atoms with Crippen LogP contribution in [0.1, 0.15) is 75.5 Å². The number of aromatic nitrogens is 2. The minimum atomic E-state index is -0.445. The first-order valence-corrected chi connectivity index (χ1v) is 8.87. The average Bonchev–Trinajstić information content (AvgIpc) is 2.82. The minimum Gasteiger partial charge on any atom is -0.294 e. The third kappa shape index (κ3) is 2.99. The summed E-state index contributed by atoms with van der Waals surface area (Å²) in [4.78, 5) is 11.6. The molecule has 0 amide bonds. The fourth-order valence-electron chi connectivity index (χ4n) is 4.05. The number of hydrogen-bond acceptors (Lipinski definition) is 2. The van der Waals surface area contributed by atoms with Gasteiger partial charge < -0.3 is 0 Å². The Bertz CT molecular complexity index is 777. The molecule has 130 valence electrons. The first-order chi connectivity index (χ1) is 11.2. The smallest absolute Gasteiger partial charge is 0.162 e. The largest absolute Gasteiger partial charge is 0.294 e. The number of aryl methyl sites for hydroxylation is 1. The topological polar surface area (TPSA) is 34.9 Å². The quantitative estimate of drug-likeness (QED) is 0.685. The van der Waals surface area contributed by atoms with Gasteiger partial charge in [-0.15, -0.1) is 0 Å². The zero-order valence-corrected chi connectivity index (χ0v) is 15.3. The molecule has 0 unspecified atom stereocenters. The van der Waals surface area contributed by atoms with Crippen LogP contribution in [0.5, 0.6) is 0 Å². The molecule has 1 heterocycles. The standard InChI is InChI=1S/C20H27FN2O/c1-12-16-10-17(13(2)24)18(21)11-19(16)23(22-12)15-8-6-14(7-9-15)20(3,4)5/h10-11,14-15H,6-9H2,1-5H3. The Morgan fingerprint density at radius 3 is 2.38 bits per heavy atom. The second-order valence-electron chi connectivity index (χ2n) is 8.31. The third-order valence-corrected chi connectivity index (χ3v) is 5.63. The molecule has 0 radical (unpaired) electrons. The Kier molecular flexibility index (Phi) is 4.27. The number of carbonyl (C=O) groups excluding carboxylic acids is 1. The third-order valence-electron chi connectivity index (χ3n) is 5.63. The second kappa shape index (κ2) is 5.98. The van der Waals surface area contributed by atoms with Crippen molar-refractivity contribution in [1.29, 1.82) is 0 Å². The molecule has 4 heteroatoms. The van der Waals surface area contributed by atoms with Crippen molar-refractivity contribution in [1.82, 2.24) is 9.78 Å². The van der Waals surface area contributed by atoms with Gasteiger partial charge in [0.25, 0.3) is 0 Å². The van der Waals surface area contributed by atoms with E-state index >= 15 is 0 Å². The summed E-state index contributed by atoms with van der Waals surface area (Å²) in [6, 6.07) is 3.47. The first kappa shape index (κ1) is 17.1. The van der Waals surface area contributed by atoms with Crippen molar-refractivity contribution in [2.45, 2.75) is 66.3 Å². The number of rotatable bonds is 2. The molecule has 1 aliphatic rings. The second-order valence-corrected chi connectivity index (χ2v) is 8.31. The molecule has 3 rings (SSSR count). The molecule has 2 aromatic rings. The van der Waals surface area contributed by atoms with E-state index in [1.165, 1.54) is 25.8 Å². The lowest BCUT2D eigenvalue weighted by Gasteiger charge is -2.37. The predicted octanol–water partition coefficient (Wildman–Crippen LogP) is 5.46. The van der Waals surface area contributed by atoms with E-state index in [0.717, 1.165) is 35.4 Å². The number of nitrogens with zero attached hydrogens (tertiary/aromatic N) is 2. The molecule has 0 N–H and O–H groups in total. The van der Waals surface area contributed by atoms with E-state index in [0.29, 0.717) is 11.5 Å². The maximum absolute atomic E-state index is 14.3. The number of ketones is 1. The SMILES string of the molecule is CC(=O)c1cc2c(C)nn(C3CCC(C(C)(C)C)CC3)c2cc1F. The Morgan fingerprint density at radius 1 is 1.21 bits per heavy atom. The molecule has 3 nitrogen and oxygen atoms in total. The average molecular weight is 330 g/mol. The van der Waals surface area contributed by atoms with Crippen molar-refractivity contribution in [3.05, 3.63) is 29.2 Å². The Labute approximate surface area is 143 Å². The van der Waals surface area contributed by atoms with Crippen LogP contribution in [0.25, 0.3) is 10.9 Å². The molecule has 1 fully saturated rings. The van der Waals surface area contributed by atoms with Crippen molar-refractivity contribution >= 4 is 16.7 Å². The van der Waals surface area contributed by atoms with Crippen LogP contribution in [0, 0.1) is 24.1 Å². The van der Waals surface area contributed by atoms with Crippen LogP contribution in [0.4, 0.5) is 4.39 Å². The van der Waals surface area contributed by atoms with E-state index < -0.39 is 5.82 Å². The van der Waals surface area contributed by atoms with Crippen LogP contribution in [0.2, 0.25) is 0 Å². The highest BCUT2D eigenvalue weighted by Gasteiger charge is 2.31. The monoisotopic (exact) mass is 330 g/mol. The highest BCUT2D eigenvalue weighted by Crippen LogP contribution is 2.42. The lowest BCUT2D eigenvalue weighted by Crippen LogP contribution is -2.27. The molecule has 0 aliphatic heterocycles. The van der Waals surface area contributed by atoms with Gasteiger partial charge in [-0.2, -0.15) is 5.10 Å². The van der Waals surface area contributed by atoms with Crippen LogP contribution in [0.3, 0.4) is 0 Å². The molecular formula is C20H27FN2O. The molecule has 1 aromatic heterocycles. The summed E-state index contributed by atoms with van der Waals surface area (Å²) < 4.78 is 16.3. The van der Waals surface area contributed by atoms with Crippen molar-refractivity contribution < 1.29 is 9.18 Å². The van der Waals surface area contributed by atoms with Gasteiger partial charge >= 0.3 is 0 Å². The van der Waals surface area contributed by atoms with Crippen molar-refractivity contribution in [2.24, 2.45) is 11.3 Å². The lowest BCUT2D eigenvalue weighted by atomic mass is 9.71. The van der Waals surface area contributed by atoms with Gasteiger partial charge in [0.15, 0.2) is 5.78 Å². The van der Waals surface area contributed by atoms with Crippen LogP contribution in [0.15, 0.2) is 12.1 Å². The van der Waals surface area contributed by atoms with Crippen LogP contribution < -0.4 is 0 Å². The predicted molar refractivity (Wildman–Crippen MR) is 94.9 cm³/mol. The molecule has 0 saturated heterocycles. The number of carbonyl (C=O) groups is 1. The molecule has 24 heavy (non-hydrogen) atoms. The van der Waals surface area contributed by atoms with E-state index in [-0.39, 0.29) is 11.3 Å². The zero-order chi connectivity index (χ0) is 17.6. The first-order valence-electron chi connectivity index (χ1n) is 8.87. The van der Waals surface area contributed by atoms with Crippen molar-refractivity contribution in [3.63, 3.8) is 0 Å². The highest BCUT2D eigenvalue weighted by atomic mass is 19.1. The maximum atomic E-state index is 14.3. The fourth-order valence-corrected chi connectivity index (χ4v) is 4.05. The van der Waals surface area contributed by atoms with Crippen molar-refractivity contribution in [3.8, 4) is 0 Å². The molecule has 1 aliphatic carbocycles. The van der Waals surface area contributed by atoms with Gasteiger partial charge in [0.1, 0.15) is 5.82 Å². The van der Waals surface area contributed by atoms with Crippen molar-refractivity contribution in [2.75, 3.05) is 0 Å². The summed E-state index contributed by atoms with van der Waals surface area (Å²) >= 11 is 0. The fraction of sp³-hybridized carbons (Fsp3) is 0.600. The van der Waals surface area contributed by atoms with E-state index in [1.54, 1.807) is 6.07 Å². The Hall–Kier alpha value is -1.71. The summed E-state index contributed by atoms with van der Waals surface area (Å²) in [6.45, 7) is 10.3. The van der Waals surface area contributed by atoms with Gasteiger partial charge in [0, 0.05) is 11.5 Å². The molecule has 1 aromatic carbocycles. The molecule has 0 bridgehead atoms. The normalized spacial score (nSPS) is 22.1. The number of Topliss-reactive ketones (excluding diaryl/α,β-unsaturated/α-hetero) is 1. The van der Waals surface area contributed by atoms with Crippen LogP contribution in [-0.4, -0.2) is 15.6 Å². The molecule has 0 spiro atoms. The summed E-state index contributed by atoms with van der Waals surface area (Å²) in [5.41, 5.74) is 2.18.